The smallest absolute Gasteiger partial charge is 0.227 e. The highest BCUT2D eigenvalue weighted by Crippen LogP contribution is 2.39. The van der Waals surface area contributed by atoms with Gasteiger partial charge in [-0.25, -0.2) is 0 Å². The van der Waals surface area contributed by atoms with Crippen molar-refractivity contribution in [2.75, 3.05) is 21.3 Å². The van der Waals surface area contributed by atoms with Crippen molar-refractivity contribution in [2.24, 2.45) is 0 Å². The monoisotopic (exact) mass is 395 g/mol. The Hall–Kier alpha value is -3.41. The van der Waals surface area contributed by atoms with Crippen LogP contribution in [0.5, 0.6) is 17.2 Å². The Morgan fingerprint density at radius 1 is 1.00 bits per heavy atom. The van der Waals surface area contributed by atoms with E-state index < -0.39 is 0 Å². The van der Waals surface area contributed by atoms with Crippen molar-refractivity contribution >= 4 is 22.8 Å². The van der Waals surface area contributed by atoms with E-state index in [-0.39, 0.29) is 17.6 Å². The number of hydrogen-bond donors (Lipinski definition) is 1. The number of methoxy groups -OCH3 is 3. The van der Waals surface area contributed by atoms with Gasteiger partial charge in [-0.2, -0.15) is 0 Å². The fraction of sp³-hybridized carbons (Fsp3) is 0.261. The highest BCUT2D eigenvalue weighted by molar-refractivity contribution is 6.11. The summed E-state index contributed by atoms with van der Waals surface area (Å²) in [5.41, 5.74) is 2.24. The van der Waals surface area contributed by atoms with E-state index in [1.807, 2.05) is 44.3 Å². The molecule has 0 aliphatic heterocycles. The summed E-state index contributed by atoms with van der Waals surface area (Å²) in [5, 5.41) is 1.01. The Morgan fingerprint density at radius 3 is 2.24 bits per heavy atom. The summed E-state index contributed by atoms with van der Waals surface area (Å²) in [4.78, 5) is 16.5. The van der Waals surface area contributed by atoms with E-state index in [1.165, 1.54) is 21.3 Å². The lowest BCUT2D eigenvalue weighted by Crippen LogP contribution is -2.12. The standard InChI is InChI=1S/C23H25NO5/c1-14(2)29-19(12-16-13-24-18-9-7-6-8-17(16)18)22(25)15-10-20(26-3)23(28-5)21(11-15)27-4/h6-14,24H,1-5H3. The number of Topliss-reactive ketones (excluding diaryl/α,β-unsaturated/α-hetero) is 1. The zero-order valence-corrected chi connectivity index (χ0v) is 17.2. The quantitative estimate of drug-likeness (QED) is 0.336. The van der Waals surface area contributed by atoms with Gasteiger partial charge in [-0.3, -0.25) is 4.79 Å². The number of nitrogens with one attached hydrogen (secondary N) is 1. The van der Waals surface area contributed by atoms with Gasteiger partial charge in [-0.05, 0) is 38.1 Å². The van der Waals surface area contributed by atoms with Gasteiger partial charge in [0, 0.05) is 28.2 Å². The molecule has 1 N–H and O–H groups in total. The average Bonchev–Trinajstić information content (AvgIpc) is 3.14. The summed E-state index contributed by atoms with van der Waals surface area (Å²) < 4.78 is 22.0. The van der Waals surface area contributed by atoms with Crippen LogP contribution in [-0.4, -0.2) is 38.2 Å². The Morgan fingerprint density at radius 2 is 1.66 bits per heavy atom. The number of aromatic amines is 1. The lowest BCUT2D eigenvalue weighted by molar-refractivity contribution is 0.0848. The SMILES string of the molecule is COc1cc(C(=O)C(=Cc2c[nH]c3ccccc23)OC(C)C)cc(OC)c1OC. The lowest BCUT2D eigenvalue weighted by Gasteiger charge is -2.16. The van der Waals surface area contributed by atoms with Gasteiger partial charge in [-0.15, -0.1) is 0 Å². The summed E-state index contributed by atoms with van der Waals surface area (Å²) in [6, 6.07) is 11.1. The van der Waals surface area contributed by atoms with E-state index in [2.05, 4.69) is 4.98 Å². The Kier molecular flexibility index (Phi) is 6.12. The average molecular weight is 395 g/mol. The summed E-state index contributed by atoms with van der Waals surface area (Å²) in [6.45, 7) is 3.76. The van der Waals surface area contributed by atoms with E-state index in [1.54, 1.807) is 18.2 Å². The molecule has 29 heavy (non-hydrogen) atoms. The second-order valence-electron chi connectivity index (χ2n) is 6.71. The van der Waals surface area contributed by atoms with Gasteiger partial charge in [0.25, 0.3) is 0 Å². The fourth-order valence-corrected chi connectivity index (χ4v) is 3.12. The highest BCUT2D eigenvalue weighted by Gasteiger charge is 2.21. The van der Waals surface area contributed by atoms with E-state index in [0.717, 1.165) is 16.5 Å². The molecule has 2 aromatic carbocycles. The molecule has 0 unspecified atom stereocenters. The molecule has 0 amide bonds. The maximum Gasteiger partial charge on any atom is 0.227 e. The molecule has 0 saturated heterocycles. The van der Waals surface area contributed by atoms with Gasteiger partial charge in [0.15, 0.2) is 17.3 Å². The predicted octanol–water partition coefficient (Wildman–Crippen LogP) is 4.84. The maximum absolute atomic E-state index is 13.3. The van der Waals surface area contributed by atoms with E-state index in [4.69, 9.17) is 18.9 Å². The zero-order chi connectivity index (χ0) is 21.0. The minimum Gasteiger partial charge on any atom is -0.493 e. The number of benzene rings is 2. The lowest BCUT2D eigenvalue weighted by atomic mass is 10.1. The molecule has 0 radical (unpaired) electrons. The summed E-state index contributed by atoms with van der Waals surface area (Å²) in [7, 11) is 4.55. The Balaban J connectivity index is 2.09. The van der Waals surface area contributed by atoms with Crippen LogP contribution in [0.25, 0.3) is 17.0 Å². The second kappa shape index (κ2) is 8.73. The van der Waals surface area contributed by atoms with Gasteiger partial charge < -0.3 is 23.9 Å². The minimum atomic E-state index is -0.275. The number of rotatable bonds is 8. The third-order valence-electron chi connectivity index (χ3n) is 4.42. The van der Waals surface area contributed by atoms with Crippen molar-refractivity contribution in [2.45, 2.75) is 20.0 Å². The molecule has 0 saturated carbocycles. The Bertz CT molecular complexity index is 1020. The van der Waals surface area contributed by atoms with Gasteiger partial charge in [0.05, 0.1) is 27.4 Å². The molecule has 1 aromatic heterocycles. The van der Waals surface area contributed by atoms with E-state index in [0.29, 0.717) is 22.8 Å². The summed E-state index contributed by atoms with van der Waals surface area (Å²) in [6.07, 6.45) is 3.44. The third kappa shape index (κ3) is 4.21. The van der Waals surface area contributed by atoms with Crippen LogP contribution in [0.4, 0.5) is 0 Å². The van der Waals surface area contributed by atoms with Crippen LogP contribution in [0.1, 0.15) is 29.8 Å². The molecule has 0 aliphatic rings. The number of carbonyl (C=O) groups is 1. The number of fused-ring (bicyclic) bond motifs is 1. The van der Waals surface area contributed by atoms with Crippen molar-refractivity contribution in [3.8, 4) is 17.2 Å². The number of ketones is 1. The van der Waals surface area contributed by atoms with Crippen molar-refractivity contribution in [1.29, 1.82) is 0 Å². The maximum atomic E-state index is 13.3. The molecular weight excluding hydrogens is 370 g/mol. The van der Waals surface area contributed by atoms with Crippen LogP contribution in [0.2, 0.25) is 0 Å². The predicted molar refractivity (Wildman–Crippen MR) is 113 cm³/mol. The first-order valence-corrected chi connectivity index (χ1v) is 9.27. The number of H-pyrrole nitrogens is 1. The van der Waals surface area contributed by atoms with Crippen molar-refractivity contribution in [3.05, 3.63) is 59.5 Å². The third-order valence-corrected chi connectivity index (χ3v) is 4.42. The van der Waals surface area contributed by atoms with E-state index >= 15 is 0 Å². The van der Waals surface area contributed by atoms with Gasteiger partial charge in [-0.1, -0.05) is 18.2 Å². The number of hydrogen-bond acceptors (Lipinski definition) is 5. The normalized spacial score (nSPS) is 11.6. The molecule has 0 fully saturated rings. The second-order valence-corrected chi connectivity index (χ2v) is 6.71. The topological polar surface area (TPSA) is 69.8 Å². The molecule has 0 atom stereocenters. The highest BCUT2D eigenvalue weighted by atomic mass is 16.5. The minimum absolute atomic E-state index is 0.169. The molecule has 0 spiro atoms. The van der Waals surface area contributed by atoms with Crippen LogP contribution in [0, 0.1) is 0 Å². The molecular formula is C23H25NO5. The van der Waals surface area contributed by atoms with E-state index in [9.17, 15) is 4.79 Å². The van der Waals surface area contributed by atoms with Gasteiger partial charge in [0.2, 0.25) is 11.5 Å². The van der Waals surface area contributed by atoms with Crippen molar-refractivity contribution in [1.82, 2.24) is 4.98 Å². The van der Waals surface area contributed by atoms with Crippen LogP contribution < -0.4 is 14.2 Å². The van der Waals surface area contributed by atoms with Crippen molar-refractivity contribution in [3.63, 3.8) is 0 Å². The fourth-order valence-electron chi connectivity index (χ4n) is 3.12. The summed E-state index contributed by atoms with van der Waals surface area (Å²) in [5.74, 6) is 1.21. The van der Waals surface area contributed by atoms with Crippen LogP contribution in [-0.2, 0) is 4.74 Å². The number of para-hydroxylation sites is 1. The first kappa shape index (κ1) is 20.3. The summed E-state index contributed by atoms with van der Waals surface area (Å²) >= 11 is 0. The van der Waals surface area contributed by atoms with Crippen LogP contribution in [0.3, 0.4) is 0 Å². The first-order chi connectivity index (χ1) is 14.0. The first-order valence-electron chi connectivity index (χ1n) is 9.27. The number of allylic oxidation sites excluding steroid dienone is 1. The Labute approximate surface area is 170 Å². The molecule has 6 nitrogen and oxygen atoms in total. The van der Waals surface area contributed by atoms with Crippen LogP contribution >= 0.6 is 0 Å². The molecule has 6 heteroatoms. The zero-order valence-electron chi connectivity index (χ0n) is 17.2. The number of aromatic nitrogens is 1. The molecule has 3 aromatic rings. The molecule has 0 aliphatic carbocycles. The van der Waals surface area contributed by atoms with Crippen LogP contribution in [0.15, 0.2) is 48.4 Å². The largest absolute Gasteiger partial charge is 0.493 e. The van der Waals surface area contributed by atoms with Crippen molar-refractivity contribution < 1.29 is 23.7 Å². The molecule has 152 valence electrons. The van der Waals surface area contributed by atoms with Gasteiger partial charge >= 0.3 is 0 Å². The number of ether oxygens (including phenoxy) is 4. The van der Waals surface area contributed by atoms with Gasteiger partial charge in [0.1, 0.15) is 0 Å². The molecule has 0 bridgehead atoms. The molecule has 1 heterocycles. The molecule has 3 rings (SSSR count). The number of carbonyl (C=O) groups excluding carboxylic acids is 1.